The van der Waals surface area contributed by atoms with Crippen LogP contribution in [0.4, 0.5) is 13.2 Å². The molecule has 0 aromatic heterocycles. The van der Waals surface area contributed by atoms with Crippen molar-refractivity contribution in [3.63, 3.8) is 0 Å². The van der Waals surface area contributed by atoms with Gasteiger partial charge in [0, 0.05) is 5.56 Å². The van der Waals surface area contributed by atoms with Gasteiger partial charge < -0.3 is 9.84 Å². The zero-order valence-corrected chi connectivity index (χ0v) is 12.6. The molecule has 0 fully saturated rings. The molecule has 1 N–H and O–H groups in total. The van der Waals surface area contributed by atoms with E-state index in [-0.39, 0.29) is 17.9 Å². The lowest BCUT2D eigenvalue weighted by atomic mass is 10.0. The summed E-state index contributed by atoms with van der Waals surface area (Å²) in [5.41, 5.74) is 0.611. The van der Waals surface area contributed by atoms with Crippen molar-refractivity contribution in [3.8, 4) is 5.75 Å². The summed E-state index contributed by atoms with van der Waals surface area (Å²) in [6, 6.07) is 8.43. The number of halogens is 3. The second kappa shape index (κ2) is 6.32. The molecule has 0 aliphatic heterocycles. The van der Waals surface area contributed by atoms with Crippen LogP contribution in [-0.2, 0) is 12.8 Å². The Hall–Kier alpha value is -2.50. The third-order valence-corrected chi connectivity index (χ3v) is 3.45. The van der Waals surface area contributed by atoms with E-state index >= 15 is 0 Å². The predicted molar refractivity (Wildman–Crippen MR) is 78.7 cm³/mol. The minimum atomic E-state index is -4.54. The largest absolute Gasteiger partial charge is 0.488 e. The molecule has 0 amide bonds. The molecular formula is C17H15F3O3. The maximum absolute atomic E-state index is 13.1. The van der Waals surface area contributed by atoms with E-state index in [9.17, 15) is 23.1 Å². The lowest BCUT2D eigenvalue weighted by Crippen LogP contribution is -2.11. The number of aryl methyl sites for hydroxylation is 2. The van der Waals surface area contributed by atoms with Gasteiger partial charge in [-0.3, -0.25) is 0 Å². The maximum Gasteiger partial charge on any atom is 0.419 e. The van der Waals surface area contributed by atoms with E-state index in [1.807, 2.05) is 0 Å². The van der Waals surface area contributed by atoms with Crippen LogP contribution in [0.3, 0.4) is 0 Å². The van der Waals surface area contributed by atoms with Crippen LogP contribution in [0.1, 0.15) is 32.6 Å². The number of hydrogen-bond donors (Lipinski definition) is 1. The zero-order valence-electron chi connectivity index (χ0n) is 12.6. The van der Waals surface area contributed by atoms with Crippen molar-refractivity contribution in [2.45, 2.75) is 26.6 Å². The SMILES string of the molecule is Cc1ccc(OCc2c(C)cccc2C(=O)O)c(C(F)(F)F)c1. The van der Waals surface area contributed by atoms with Gasteiger partial charge in [0.05, 0.1) is 11.1 Å². The summed E-state index contributed by atoms with van der Waals surface area (Å²) in [4.78, 5) is 11.2. The number of aromatic carboxylic acids is 1. The molecule has 0 saturated heterocycles. The zero-order chi connectivity index (χ0) is 17.2. The lowest BCUT2D eigenvalue weighted by molar-refractivity contribution is -0.139. The van der Waals surface area contributed by atoms with Gasteiger partial charge in [0.25, 0.3) is 0 Å². The standard InChI is InChI=1S/C17H15F3O3/c1-10-6-7-15(14(8-10)17(18,19)20)23-9-13-11(2)4-3-5-12(13)16(21)22/h3-8H,9H2,1-2H3,(H,21,22). The van der Waals surface area contributed by atoms with Crippen molar-refractivity contribution < 1.29 is 27.8 Å². The first kappa shape index (κ1) is 16.9. The molecule has 0 atom stereocenters. The van der Waals surface area contributed by atoms with Gasteiger partial charge in [-0.1, -0.05) is 23.8 Å². The molecule has 0 spiro atoms. The summed E-state index contributed by atoms with van der Waals surface area (Å²) >= 11 is 0. The first-order chi connectivity index (χ1) is 10.7. The van der Waals surface area contributed by atoms with E-state index in [0.717, 1.165) is 6.07 Å². The molecule has 0 saturated carbocycles. The number of ether oxygens (including phenoxy) is 1. The number of carboxylic acids is 1. The summed E-state index contributed by atoms with van der Waals surface area (Å²) in [5, 5.41) is 9.17. The molecule has 23 heavy (non-hydrogen) atoms. The van der Waals surface area contributed by atoms with Gasteiger partial charge in [-0.25, -0.2) is 4.79 Å². The summed E-state index contributed by atoms with van der Waals surface area (Å²) in [6.07, 6.45) is -4.54. The lowest BCUT2D eigenvalue weighted by Gasteiger charge is -2.16. The highest BCUT2D eigenvalue weighted by atomic mass is 19.4. The second-order valence-corrected chi connectivity index (χ2v) is 5.19. The van der Waals surface area contributed by atoms with Gasteiger partial charge >= 0.3 is 12.1 Å². The Kier molecular flexibility index (Phi) is 4.63. The topological polar surface area (TPSA) is 46.5 Å². The van der Waals surface area contributed by atoms with Crippen LogP contribution in [0.5, 0.6) is 5.75 Å². The molecule has 6 heteroatoms. The molecule has 0 bridgehead atoms. The van der Waals surface area contributed by atoms with Crippen LogP contribution in [0.2, 0.25) is 0 Å². The quantitative estimate of drug-likeness (QED) is 0.894. The number of carboxylic acid groups (broad SMARTS) is 1. The highest BCUT2D eigenvalue weighted by Crippen LogP contribution is 2.37. The number of alkyl halides is 3. The highest BCUT2D eigenvalue weighted by molar-refractivity contribution is 5.89. The van der Waals surface area contributed by atoms with E-state index in [4.69, 9.17) is 4.74 Å². The fourth-order valence-corrected chi connectivity index (χ4v) is 2.24. The Labute approximate surface area is 131 Å². The normalized spacial score (nSPS) is 11.3. The van der Waals surface area contributed by atoms with Crippen LogP contribution in [0.25, 0.3) is 0 Å². The Bertz CT molecular complexity index is 736. The van der Waals surface area contributed by atoms with Crippen LogP contribution in [-0.4, -0.2) is 11.1 Å². The van der Waals surface area contributed by atoms with Crippen molar-refractivity contribution in [1.29, 1.82) is 0 Å². The second-order valence-electron chi connectivity index (χ2n) is 5.19. The molecule has 0 unspecified atom stereocenters. The molecule has 0 aliphatic carbocycles. The number of carbonyl (C=O) groups is 1. The molecule has 0 heterocycles. The predicted octanol–water partition coefficient (Wildman–Crippen LogP) is 4.60. The van der Waals surface area contributed by atoms with E-state index in [2.05, 4.69) is 0 Å². The summed E-state index contributed by atoms with van der Waals surface area (Å²) in [6.45, 7) is 2.99. The highest BCUT2D eigenvalue weighted by Gasteiger charge is 2.34. The van der Waals surface area contributed by atoms with Crippen LogP contribution in [0.15, 0.2) is 36.4 Å². The van der Waals surface area contributed by atoms with Gasteiger partial charge in [0.15, 0.2) is 0 Å². The van der Waals surface area contributed by atoms with Crippen LogP contribution < -0.4 is 4.74 Å². The molecular weight excluding hydrogens is 309 g/mol. The molecule has 2 aromatic carbocycles. The minimum absolute atomic E-state index is 0.0191. The van der Waals surface area contributed by atoms with E-state index in [1.165, 1.54) is 18.2 Å². The molecule has 2 aromatic rings. The monoisotopic (exact) mass is 324 g/mol. The van der Waals surface area contributed by atoms with Crippen molar-refractivity contribution in [2.24, 2.45) is 0 Å². The smallest absolute Gasteiger partial charge is 0.419 e. The average Bonchev–Trinajstić information content (AvgIpc) is 2.45. The van der Waals surface area contributed by atoms with Crippen LogP contribution in [0, 0.1) is 13.8 Å². The van der Waals surface area contributed by atoms with Gasteiger partial charge in [0.2, 0.25) is 0 Å². The Balaban J connectivity index is 2.35. The number of rotatable bonds is 4. The average molecular weight is 324 g/mol. The Morgan fingerprint density at radius 1 is 1.17 bits per heavy atom. The Morgan fingerprint density at radius 2 is 1.87 bits per heavy atom. The summed E-state index contributed by atoms with van der Waals surface area (Å²) in [7, 11) is 0. The maximum atomic E-state index is 13.1. The molecule has 3 nitrogen and oxygen atoms in total. The van der Waals surface area contributed by atoms with Gasteiger partial charge in [0.1, 0.15) is 12.4 Å². The molecule has 122 valence electrons. The fraction of sp³-hybridized carbons (Fsp3) is 0.235. The third kappa shape index (κ3) is 3.83. The molecule has 0 aliphatic rings. The third-order valence-electron chi connectivity index (χ3n) is 3.45. The molecule has 2 rings (SSSR count). The first-order valence-electron chi connectivity index (χ1n) is 6.82. The van der Waals surface area contributed by atoms with Gasteiger partial charge in [-0.15, -0.1) is 0 Å². The van der Waals surface area contributed by atoms with E-state index in [0.29, 0.717) is 16.7 Å². The van der Waals surface area contributed by atoms with Gasteiger partial charge in [-0.05, 0) is 37.6 Å². The van der Waals surface area contributed by atoms with Crippen molar-refractivity contribution in [1.82, 2.24) is 0 Å². The van der Waals surface area contributed by atoms with Gasteiger partial charge in [-0.2, -0.15) is 13.2 Å². The number of hydrogen-bond acceptors (Lipinski definition) is 2. The minimum Gasteiger partial charge on any atom is -0.488 e. The summed E-state index contributed by atoms with van der Waals surface area (Å²) in [5.74, 6) is -1.46. The Morgan fingerprint density at radius 3 is 2.48 bits per heavy atom. The summed E-state index contributed by atoms with van der Waals surface area (Å²) < 4.78 is 44.5. The fourth-order valence-electron chi connectivity index (χ4n) is 2.24. The van der Waals surface area contributed by atoms with E-state index < -0.39 is 17.7 Å². The van der Waals surface area contributed by atoms with Crippen molar-refractivity contribution >= 4 is 5.97 Å². The van der Waals surface area contributed by atoms with Crippen LogP contribution >= 0.6 is 0 Å². The van der Waals surface area contributed by atoms with E-state index in [1.54, 1.807) is 26.0 Å². The number of benzene rings is 2. The molecule has 0 radical (unpaired) electrons. The van der Waals surface area contributed by atoms with Crippen molar-refractivity contribution in [2.75, 3.05) is 0 Å². The van der Waals surface area contributed by atoms with Crippen molar-refractivity contribution in [3.05, 3.63) is 64.2 Å². The first-order valence-corrected chi connectivity index (χ1v) is 6.82.